The minimum atomic E-state index is -0.0361. The smallest absolute Gasteiger partial charge is 0.171 e. The molecule has 0 amide bonds. The average molecular weight is 377 g/mol. The van der Waals surface area contributed by atoms with Crippen LogP contribution in [0.4, 0.5) is 5.69 Å². The second-order valence-electron chi connectivity index (χ2n) is 6.28. The van der Waals surface area contributed by atoms with Crippen molar-refractivity contribution in [3.05, 3.63) is 95.6 Å². The summed E-state index contributed by atoms with van der Waals surface area (Å²) in [5.41, 5.74) is 4.40. The number of benzene rings is 3. The van der Waals surface area contributed by atoms with Crippen molar-refractivity contribution in [3.8, 4) is 5.75 Å². The molecule has 0 saturated heterocycles. The van der Waals surface area contributed by atoms with Gasteiger partial charge < -0.3 is 15.4 Å². The summed E-state index contributed by atoms with van der Waals surface area (Å²) < 4.78 is 5.68. The van der Waals surface area contributed by atoms with Crippen molar-refractivity contribution in [2.24, 2.45) is 0 Å². The van der Waals surface area contributed by atoms with Crippen LogP contribution in [-0.4, -0.2) is 11.7 Å². The summed E-state index contributed by atoms with van der Waals surface area (Å²) in [6.45, 7) is 4.66. The van der Waals surface area contributed by atoms with Crippen LogP contribution in [0.5, 0.6) is 5.75 Å². The number of hydrogen-bond acceptors (Lipinski definition) is 2. The van der Waals surface area contributed by atoms with Gasteiger partial charge in [0.25, 0.3) is 0 Å². The van der Waals surface area contributed by atoms with Gasteiger partial charge in [-0.3, -0.25) is 0 Å². The van der Waals surface area contributed by atoms with Crippen molar-refractivity contribution in [1.29, 1.82) is 0 Å². The average Bonchev–Trinajstić information content (AvgIpc) is 2.69. The molecule has 0 aliphatic heterocycles. The Balaban J connectivity index is 1.82. The Morgan fingerprint density at radius 3 is 2.22 bits per heavy atom. The molecule has 0 aromatic heterocycles. The summed E-state index contributed by atoms with van der Waals surface area (Å²) in [5, 5.41) is 7.28. The lowest BCUT2D eigenvalue weighted by atomic mass is 9.98. The highest BCUT2D eigenvalue weighted by molar-refractivity contribution is 7.80. The zero-order valence-corrected chi connectivity index (χ0v) is 16.4. The van der Waals surface area contributed by atoms with Crippen molar-refractivity contribution >= 4 is 23.0 Å². The van der Waals surface area contributed by atoms with Crippen molar-refractivity contribution in [3.63, 3.8) is 0 Å². The van der Waals surface area contributed by atoms with E-state index in [4.69, 9.17) is 17.0 Å². The summed E-state index contributed by atoms with van der Waals surface area (Å²) in [4.78, 5) is 0. The lowest BCUT2D eigenvalue weighted by molar-refractivity contribution is 0.342. The van der Waals surface area contributed by atoms with Gasteiger partial charge in [-0.15, -0.1) is 0 Å². The minimum absolute atomic E-state index is 0.0361. The van der Waals surface area contributed by atoms with E-state index in [-0.39, 0.29) is 6.04 Å². The predicted octanol–water partition coefficient (Wildman–Crippen LogP) is 5.47. The number of ether oxygens (including phenoxy) is 1. The molecule has 0 bridgehead atoms. The van der Waals surface area contributed by atoms with Crippen LogP contribution < -0.4 is 15.4 Å². The lowest BCUT2D eigenvalue weighted by Gasteiger charge is -2.23. The number of para-hydroxylation sites is 2. The van der Waals surface area contributed by atoms with E-state index in [0.717, 1.165) is 22.6 Å². The van der Waals surface area contributed by atoms with E-state index in [1.807, 2.05) is 49.4 Å². The largest absolute Gasteiger partial charge is 0.492 e. The molecule has 0 saturated carbocycles. The summed E-state index contributed by atoms with van der Waals surface area (Å²) >= 11 is 5.60. The topological polar surface area (TPSA) is 33.3 Å². The molecule has 3 rings (SSSR count). The van der Waals surface area contributed by atoms with Gasteiger partial charge in [-0.2, -0.15) is 0 Å². The fourth-order valence-corrected chi connectivity index (χ4v) is 3.13. The van der Waals surface area contributed by atoms with Crippen LogP contribution in [0.15, 0.2) is 78.9 Å². The van der Waals surface area contributed by atoms with Crippen molar-refractivity contribution in [1.82, 2.24) is 5.32 Å². The molecule has 0 radical (unpaired) electrons. The third kappa shape index (κ3) is 5.08. The summed E-state index contributed by atoms with van der Waals surface area (Å²) in [6, 6.07) is 26.6. The van der Waals surface area contributed by atoms with E-state index >= 15 is 0 Å². The SMILES string of the molecule is CCOc1ccccc1NC(=S)NC(c1ccccc1)c1ccc(C)cc1. The first kappa shape index (κ1) is 18.9. The van der Waals surface area contributed by atoms with Crippen LogP contribution in [-0.2, 0) is 0 Å². The van der Waals surface area contributed by atoms with Crippen LogP contribution in [0.1, 0.15) is 29.7 Å². The fourth-order valence-electron chi connectivity index (χ4n) is 2.90. The molecule has 3 aromatic carbocycles. The van der Waals surface area contributed by atoms with E-state index < -0.39 is 0 Å². The van der Waals surface area contributed by atoms with Gasteiger partial charge >= 0.3 is 0 Å². The van der Waals surface area contributed by atoms with Crippen molar-refractivity contribution in [2.75, 3.05) is 11.9 Å². The van der Waals surface area contributed by atoms with Crippen molar-refractivity contribution in [2.45, 2.75) is 19.9 Å². The van der Waals surface area contributed by atoms with E-state index in [0.29, 0.717) is 11.7 Å². The summed E-state index contributed by atoms with van der Waals surface area (Å²) in [6.07, 6.45) is 0. The van der Waals surface area contributed by atoms with Crippen LogP contribution >= 0.6 is 12.2 Å². The molecule has 27 heavy (non-hydrogen) atoms. The molecular formula is C23H24N2OS. The van der Waals surface area contributed by atoms with Crippen molar-refractivity contribution < 1.29 is 4.74 Å². The number of aryl methyl sites for hydroxylation is 1. The number of thiocarbonyl (C=S) groups is 1. The van der Waals surface area contributed by atoms with E-state index in [1.54, 1.807) is 0 Å². The molecule has 3 aromatic rings. The number of anilines is 1. The van der Waals surface area contributed by atoms with Crippen LogP contribution in [0.2, 0.25) is 0 Å². The summed E-state index contributed by atoms with van der Waals surface area (Å²) in [5.74, 6) is 0.788. The minimum Gasteiger partial charge on any atom is -0.492 e. The van der Waals surface area contributed by atoms with E-state index in [9.17, 15) is 0 Å². The quantitative estimate of drug-likeness (QED) is 0.559. The molecule has 0 heterocycles. The van der Waals surface area contributed by atoms with Gasteiger partial charge in [-0.25, -0.2) is 0 Å². The maximum absolute atomic E-state index is 5.68. The second kappa shape index (κ2) is 9.19. The zero-order chi connectivity index (χ0) is 19.1. The Kier molecular flexibility index (Phi) is 6.44. The molecule has 138 valence electrons. The molecule has 1 unspecified atom stereocenters. The monoisotopic (exact) mass is 376 g/mol. The first-order chi connectivity index (χ1) is 13.2. The highest BCUT2D eigenvalue weighted by atomic mass is 32.1. The molecule has 1 atom stereocenters. The third-order valence-electron chi connectivity index (χ3n) is 4.25. The Labute approximate surface area is 166 Å². The molecule has 4 heteroatoms. The van der Waals surface area contributed by atoms with Gasteiger partial charge in [0.2, 0.25) is 0 Å². The molecule has 0 fully saturated rings. The predicted molar refractivity (Wildman–Crippen MR) is 116 cm³/mol. The van der Waals surface area contributed by atoms with Crippen LogP contribution in [0.3, 0.4) is 0 Å². The third-order valence-corrected chi connectivity index (χ3v) is 4.47. The molecule has 0 aliphatic rings. The Morgan fingerprint density at radius 2 is 1.52 bits per heavy atom. The normalized spacial score (nSPS) is 11.5. The number of rotatable bonds is 6. The summed E-state index contributed by atoms with van der Waals surface area (Å²) in [7, 11) is 0. The van der Waals surface area contributed by atoms with Gasteiger partial charge in [0.05, 0.1) is 18.3 Å². The maximum Gasteiger partial charge on any atom is 0.171 e. The number of hydrogen-bond donors (Lipinski definition) is 2. The number of nitrogens with one attached hydrogen (secondary N) is 2. The van der Waals surface area contributed by atoms with Gasteiger partial charge in [0.1, 0.15) is 5.75 Å². The molecule has 2 N–H and O–H groups in total. The molecule has 0 aliphatic carbocycles. The second-order valence-corrected chi connectivity index (χ2v) is 6.69. The molecule has 3 nitrogen and oxygen atoms in total. The Hall–Kier alpha value is -2.85. The fraction of sp³-hybridized carbons (Fsp3) is 0.174. The standard InChI is InChI=1S/C23H24N2OS/c1-3-26-21-12-8-7-11-20(21)24-23(27)25-22(18-9-5-4-6-10-18)19-15-13-17(2)14-16-19/h4-16,22H,3H2,1-2H3,(H2,24,25,27). The van der Waals surface area contributed by atoms with E-state index in [1.165, 1.54) is 5.56 Å². The first-order valence-corrected chi connectivity index (χ1v) is 9.49. The van der Waals surface area contributed by atoms with Gasteiger partial charge in [0, 0.05) is 0 Å². The van der Waals surface area contributed by atoms with Gasteiger partial charge in [-0.05, 0) is 49.3 Å². The highest BCUT2D eigenvalue weighted by Crippen LogP contribution is 2.25. The van der Waals surface area contributed by atoms with Gasteiger partial charge in [0.15, 0.2) is 5.11 Å². The molecule has 0 spiro atoms. The van der Waals surface area contributed by atoms with Gasteiger partial charge in [-0.1, -0.05) is 72.3 Å². The van der Waals surface area contributed by atoms with Crippen LogP contribution in [0.25, 0.3) is 0 Å². The first-order valence-electron chi connectivity index (χ1n) is 9.08. The zero-order valence-electron chi connectivity index (χ0n) is 15.6. The molecular weight excluding hydrogens is 352 g/mol. The van der Waals surface area contributed by atoms with E-state index in [2.05, 4.69) is 54.0 Å². The Bertz CT molecular complexity index is 878. The highest BCUT2D eigenvalue weighted by Gasteiger charge is 2.15. The Morgan fingerprint density at radius 1 is 0.889 bits per heavy atom. The van der Waals surface area contributed by atoms with Crippen LogP contribution in [0, 0.1) is 6.92 Å². The lowest BCUT2D eigenvalue weighted by Crippen LogP contribution is -2.33. The maximum atomic E-state index is 5.68.